The van der Waals surface area contributed by atoms with Crippen molar-refractivity contribution in [2.75, 3.05) is 20.3 Å². The number of nitrogens with zero attached hydrogens (tertiary/aromatic N) is 2. The first-order valence-corrected chi connectivity index (χ1v) is 14.7. The van der Waals surface area contributed by atoms with E-state index in [4.69, 9.17) is 19.5 Å². The molecule has 3 rings (SSSR count). The fourth-order valence-electron chi connectivity index (χ4n) is 4.63. The van der Waals surface area contributed by atoms with E-state index in [1.54, 1.807) is 36.4 Å². The Balaban J connectivity index is 2.00. The highest BCUT2D eigenvalue weighted by Gasteiger charge is 2.37. The maximum Gasteiger partial charge on any atom is 0.408 e. The number of nitrogens with one attached hydrogen (secondary N) is 1. The average molecular weight is 574 g/mol. The Bertz CT molecular complexity index is 1270. The summed E-state index contributed by atoms with van der Waals surface area (Å²) in [5.74, 6) is 0.533. The van der Waals surface area contributed by atoms with Crippen molar-refractivity contribution in [1.29, 1.82) is 5.26 Å². The van der Waals surface area contributed by atoms with E-state index in [2.05, 4.69) is 11.4 Å². The molecule has 2 aromatic rings. The van der Waals surface area contributed by atoms with E-state index in [-0.39, 0.29) is 23.5 Å². The third kappa shape index (κ3) is 8.41. The summed E-state index contributed by atoms with van der Waals surface area (Å²) in [5.41, 5.74) is 1.06. The van der Waals surface area contributed by atoms with Gasteiger partial charge in [0.2, 0.25) is 10.0 Å². The summed E-state index contributed by atoms with van der Waals surface area (Å²) < 4.78 is 45.7. The van der Waals surface area contributed by atoms with Gasteiger partial charge in [0.15, 0.2) is 0 Å². The predicted molar refractivity (Wildman–Crippen MR) is 149 cm³/mol. The number of ether oxygens (including phenoxy) is 3. The van der Waals surface area contributed by atoms with Gasteiger partial charge in [-0.15, -0.1) is 0 Å². The molecule has 11 heteroatoms. The standard InChI is InChI=1S/C29H39N3O7S/c1-21(33)27(31-28(34)39-24-13-16-38-20-24)32(19-22-9-6-5-7-10-22)40(35,36)25-11-12-26(37-4)23(17-25)18-29(2,3)14-8-15-30/h5-7,9-12,17,21,24,27,33H,8,13-14,16,18-20H2,1-4H3,(H,31,34)/t21-,24+,27+/m1/s1. The minimum Gasteiger partial charge on any atom is -0.496 e. The molecule has 2 N–H and O–H groups in total. The van der Waals surface area contributed by atoms with E-state index in [1.807, 2.05) is 19.9 Å². The number of hydrogen-bond donors (Lipinski definition) is 2. The van der Waals surface area contributed by atoms with Crippen LogP contribution in [-0.2, 0) is 32.5 Å². The van der Waals surface area contributed by atoms with Crippen molar-refractivity contribution in [2.45, 2.75) is 76.3 Å². The van der Waals surface area contributed by atoms with Gasteiger partial charge in [0.05, 0.1) is 37.4 Å². The lowest BCUT2D eigenvalue weighted by atomic mass is 9.81. The van der Waals surface area contributed by atoms with Gasteiger partial charge < -0.3 is 24.6 Å². The van der Waals surface area contributed by atoms with Crippen LogP contribution in [0.1, 0.15) is 51.2 Å². The fourth-order valence-corrected chi connectivity index (χ4v) is 6.28. The Morgan fingerprint density at radius 1 is 1.27 bits per heavy atom. The molecule has 1 aliphatic rings. The van der Waals surface area contributed by atoms with E-state index in [1.165, 1.54) is 20.1 Å². The first kappa shape index (κ1) is 31.4. The third-order valence-electron chi connectivity index (χ3n) is 6.82. The molecule has 10 nitrogen and oxygen atoms in total. The summed E-state index contributed by atoms with van der Waals surface area (Å²) in [6, 6.07) is 15.7. The van der Waals surface area contributed by atoms with Crippen LogP contribution >= 0.6 is 0 Å². The Labute approximate surface area is 236 Å². The Hall–Kier alpha value is -3.17. The quantitative estimate of drug-likeness (QED) is 0.343. The molecule has 1 saturated heterocycles. The van der Waals surface area contributed by atoms with Gasteiger partial charge in [-0.05, 0) is 54.5 Å². The maximum atomic E-state index is 14.2. The number of benzene rings is 2. The molecule has 0 bridgehead atoms. The zero-order valence-electron chi connectivity index (χ0n) is 23.5. The first-order chi connectivity index (χ1) is 19.0. The van der Waals surface area contributed by atoms with Crippen LogP contribution in [-0.4, -0.2) is 62.6 Å². The largest absolute Gasteiger partial charge is 0.496 e. The minimum absolute atomic E-state index is 0.0136. The Morgan fingerprint density at radius 2 is 2.00 bits per heavy atom. The summed E-state index contributed by atoms with van der Waals surface area (Å²) in [6.07, 6.45) is -1.85. The highest BCUT2D eigenvalue weighted by Crippen LogP contribution is 2.34. The molecule has 0 unspecified atom stereocenters. The fraction of sp³-hybridized carbons (Fsp3) is 0.517. The molecule has 0 spiro atoms. The van der Waals surface area contributed by atoms with Crippen molar-refractivity contribution in [2.24, 2.45) is 5.41 Å². The van der Waals surface area contributed by atoms with E-state index >= 15 is 0 Å². The van der Waals surface area contributed by atoms with Gasteiger partial charge in [-0.25, -0.2) is 13.2 Å². The van der Waals surface area contributed by atoms with Gasteiger partial charge in [0.1, 0.15) is 18.0 Å². The molecule has 1 fully saturated rings. The molecule has 0 saturated carbocycles. The van der Waals surface area contributed by atoms with Crippen molar-refractivity contribution in [3.05, 3.63) is 59.7 Å². The van der Waals surface area contributed by atoms with Crippen molar-refractivity contribution >= 4 is 16.1 Å². The number of amides is 1. The van der Waals surface area contributed by atoms with Crippen LogP contribution in [0.5, 0.6) is 5.75 Å². The number of hydrogen-bond acceptors (Lipinski definition) is 8. The zero-order chi connectivity index (χ0) is 29.3. The minimum atomic E-state index is -4.27. The van der Waals surface area contributed by atoms with Gasteiger partial charge >= 0.3 is 6.09 Å². The van der Waals surface area contributed by atoms with E-state index in [9.17, 15) is 18.3 Å². The zero-order valence-corrected chi connectivity index (χ0v) is 24.3. The highest BCUT2D eigenvalue weighted by atomic mass is 32.2. The lowest BCUT2D eigenvalue weighted by Crippen LogP contribution is -2.56. The SMILES string of the molecule is COc1ccc(S(=O)(=O)N(Cc2ccccc2)[C@H](NC(=O)O[C@H]2CCOC2)[C@@H](C)O)cc1CC(C)(C)CCC#N. The maximum absolute atomic E-state index is 14.2. The molecule has 0 radical (unpaired) electrons. The number of aliphatic hydroxyl groups is 1. The van der Waals surface area contributed by atoms with Crippen LogP contribution in [0.25, 0.3) is 0 Å². The van der Waals surface area contributed by atoms with Gasteiger partial charge in [-0.2, -0.15) is 9.57 Å². The number of carbonyl (C=O) groups excluding carboxylic acids is 1. The third-order valence-corrected chi connectivity index (χ3v) is 8.64. The second-order valence-electron chi connectivity index (χ2n) is 10.7. The molecular formula is C29H39N3O7S. The van der Waals surface area contributed by atoms with E-state index < -0.39 is 34.5 Å². The lowest BCUT2D eigenvalue weighted by Gasteiger charge is -2.33. The number of rotatable bonds is 13. The summed E-state index contributed by atoms with van der Waals surface area (Å²) in [6.45, 7) is 6.06. The summed E-state index contributed by atoms with van der Waals surface area (Å²) in [5, 5.41) is 22.3. The van der Waals surface area contributed by atoms with Gasteiger partial charge in [0.25, 0.3) is 0 Å². The average Bonchev–Trinajstić information content (AvgIpc) is 3.42. The molecule has 0 aromatic heterocycles. The molecule has 1 aliphatic heterocycles. The lowest BCUT2D eigenvalue weighted by molar-refractivity contribution is 0.0507. The number of methoxy groups -OCH3 is 1. The molecular weight excluding hydrogens is 534 g/mol. The van der Waals surface area contributed by atoms with Crippen LogP contribution in [0.15, 0.2) is 53.4 Å². The van der Waals surface area contributed by atoms with E-state index in [0.717, 1.165) is 4.31 Å². The van der Waals surface area contributed by atoms with Crippen LogP contribution < -0.4 is 10.1 Å². The van der Waals surface area contributed by atoms with Crippen molar-refractivity contribution in [1.82, 2.24) is 9.62 Å². The normalized spacial score (nSPS) is 17.2. The van der Waals surface area contributed by atoms with Crippen LogP contribution in [0.3, 0.4) is 0 Å². The number of alkyl carbamates (subject to hydrolysis) is 1. The van der Waals surface area contributed by atoms with Crippen LogP contribution in [0, 0.1) is 16.7 Å². The molecule has 3 atom stereocenters. The van der Waals surface area contributed by atoms with Crippen LogP contribution in [0.4, 0.5) is 4.79 Å². The Morgan fingerprint density at radius 3 is 2.60 bits per heavy atom. The topological polar surface area (TPSA) is 138 Å². The van der Waals surface area contributed by atoms with Gasteiger partial charge in [0, 0.05) is 19.4 Å². The summed E-state index contributed by atoms with van der Waals surface area (Å²) in [7, 11) is -2.75. The molecule has 40 heavy (non-hydrogen) atoms. The monoisotopic (exact) mass is 573 g/mol. The number of sulfonamides is 1. The molecule has 1 amide bonds. The highest BCUT2D eigenvalue weighted by molar-refractivity contribution is 7.89. The van der Waals surface area contributed by atoms with E-state index in [0.29, 0.717) is 49.2 Å². The van der Waals surface area contributed by atoms with Gasteiger partial charge in [-0.3, -0.25) is 0 Å². The number of nitriles is 1. The number of carbonyl (C=O) groups is 1. The molecule has 218 valence electrons. The second-order valence-corrected chi connectivity index (χ2v) is 12.6. The van der Waals surface area contributed by atoms with Crippen molar-refractivity contribution in [3.63, 3.8) is 0 Å². The smallest absolute Gasteiger partial charge is 0.408 e. The molecule has 0 aliphatic carbocycles. The molecule has 1 heterocycles. The summed E-state index contributed by atoms with van der Waals surface area (Å²) in [4.78, 5) is 12.7. The van der Waals surface area contributed by atoms with Crippen molar-refractivity contribution in [3.8, 4) is 11.8 Å². The van der Waals surface area contributed by atoms with Crippen LogP contribution in [0.2, 0.25) is 0 Å². The second kappa shape index (κ2) is 13.9. The summed E-state index contributed by atoms with van der Waals surface area (Å²) >= 11 is 0. The predicted octanol–water partition coefficient (Wildman–Crippen LogP) is 3.98. The van der Waals surface area contributed by atoms with Gasteiger partial charge in [-0.1, -0.05) is 44.2 Å². The molecule has 2 aromatic carbocycles. The number of aliphatic hydroxyl groups excluding tert-OH is 1. The Kier molecular flexibility index (Phi) is 10.9. The first-order valence-electron chi connectivity index (χ1n) is 13.3. The van der Waals surface area contributed by atoms with Crippen molar-refractivity contribution < 1.29 is 32.5 Å².